The Morgan fingerprint density at radius 3 is 2.47 bits per heavy atom. The lowest BCUT2D eigenvalue weighted by Crippen LogP contribution is -2.57. The maximum absolute atomic E-state index is 12.1. The molecule has 0 bridgehead atoms. The van der Waals surface area contributed by atoms with Crippen molar-refractivity contribution in [3.8, 4) is 0 Å². The molecule has 1 amide bonds. The minimum absolute atomic E-state index is 0.313. The van der Waals surface area contributed by atoms with Crippen LogP contribution < -0.4 is 0 Å². The molecule has 1 saturated heterocycles. The summed E-state index contributed by atoms with van der Waals surface area (Å²) in [5.41, 5.74) is -0.843. The van der Waals surface area contributed by atoms with E-state index in [2.05, 4.69) is 0 Å². The standard InChI is InChI=1S/C13H23NO3/c1-12(2,3)17-11(16)14-10(9-15)7-6-8-13(14,4)5/h9-10H,6-8H2,1-5H3/t10-/m0/s1. The van der Waals surface area contributed by atoms with Gasteiger partial charge >= 0.3 is 6.09 Å². The fraction of sp³-hybridized carbons (Fsp3) is 0.846. The first kappa shape index (κ1) is 14.0. The van der Waals surface area contributed by atoms with E-state index in [1.165, 1.54) is 0 Å². The second kappa shape index (κ2) is 4.67. The van der Waals surface area contributed by atoms with E-state index in [1.54, 1.807) is 4.90 Å². The van der Waals surface area contributed by atoms with Crippen LogP contribution >= 0.6 is 0 Å². The van der Waals surface area contributed by atoms with Gasteiger partial charge in [-0.25, -0.2) is 4.79 Å². The molecule has 98 valence electrons. The molecule has 0 aromatic rings. The normalized spacial score (nSPS) is 24.3. The van der Waals surface area contributed by atoms with Crippen LogP contribution in [-0.2, 0) is 9.53 Å². The lowest BCUT2D eigenvalue weighted by atomic mass is 9.87. The summed E-state index contributed by atoms with van der Waals surface area (Å²) < 4.78 is 5.37. The average molecular weight is 241 g/mol. The number of likely N-dealkylation sites (tertiary alicyclic amines) is 1. The van der Waals surface area contributed by atoms with Gasteiger partial charge in [0.1, 0.15) is 11.9 Å². The Hall–Kier alpha value is -1.06. The van der Waals surface area contributed by atoms with Gasteiger partial charge in [0, 0.05) is 5.54 Å². The summed E-state index contributed by atoms with van der Waals surface area (Å²) >= 11 is 0. The maximum atomic E-state index is 12.1. The van der Waals surface area contributed by atoms with Crippen molar-refractivity contribution in [3.63, 3.8) is 0 Å². The Morgan fingerprint density at radius 2 is 2.00 bits per heavy atom. The lowest BCUT2D eigenvalue weighted by Gasteiger charge is -2.45. The SMILES string of the molecule is CC(C)(C)OC(=O)N1[C@H](C=O)CCCC1(C)C. The third-order valence-corrected chi connectivity index (χ3v) is 3.02. The van der Waals surface area contributed by atoms with Gasteiger partial charge in [-0.15, -0.1) is 0 Å². The van der Waals surface area contributed by atoms with E-state index in [1.807, 2.05) is 34.6 Å². The van der Waals surface area contributed by atoms with Crippen LogP contribution in [0.1, 0.15) is 53.9 Å². The Kier molecular flexibility index (Phi) is 3.84. The van der Waals surface area contributed by atoms with Crippen molar-refractivity contribution in [2.75, 3.05) is 0 Å². The molecule has 17 heavy (non-hydrogen) atoms. The van der Waals surface area contributed by atoms with Crippen molar-refractivity contribution in [2.45, 2.75) is 71.1 Å². The van der Waals surface area contributed by atoms with E-state index >= 15 is 0 Å². The second-order valence-electron chi connectivity index (χ2n) is 6.26. The molecule has 0 aromatic carbocycles. The van der Waals surface area contributed by atoms with E-state index in [0.29, 0.717) is 0 Å². The number of ether oxygens (including phenoxy) is 1. The highest BCUT2D eigenvalue weighted by Crippen LogP contribution is 2.32. The number of hydrogen-bond donors (Lipinski definition) is 0. The van der Waals surface area contributed by atoms with Crippen molar-refractivity contribution < 1.29 is 14.3 Å². The van der Waals surface area contributed by atoms with Crippen LogP contribution in [0.3, 0.4) is 0 Å². The van der Waals surface area contributed by atoms with Crippen LogP contribution in [-0.4, -0.2) is 34.5 Å². The predicted molar refractivity (Wildman–Crippen MR) is 65.9 cm³/mol. The molecule has 0 saturated carbocycles. The third kappa shape index (κ3) is 3.45. The van der Waals surface area contributed by atoms with Crippen molar-refractivity contribution in [1.29, 1.82) is 0 Å². The Bertz CT molecular complexity index is 304. The van der Waals surface area contributed by atoms with E-state index < -0.39 is 5.60 Å². The van der Waals surface area contributed by atoms with Gasteiger partial charge in [0.15, 0.2) is 0 Å². The number of amides is 1. The summed E-state index contributed by atoms with van der Waals surface area (Å²) in [5, 5.41) is 0. The molecule has 4 nitrogen and oxygen atoms in total. The lowest BCUT2D eigenvalue weighted by molar-refractivity contribution is -0.116. The molecule has 0 aromatic heterocycles. The zero-order valence-corrected chi connectivity index (χ0v) is 11.4. The summed E-state index contributed by atoms with van der Waals surface area (Å²) in [5.74, 6) is 0. The summed E-state index contributed by atoms with van der Waals surface area (Å²) in [7, 11) is 0. The van der Waals surface area contributed by atoms with Gasteiger partial charge in [-0.3, -0.25) is 4.90 Å². The maximum Gasteiger partial charge on any atom is 0.411 e. The average Bonchev–Trinajstić information content (AvgIpc) is 2.12. The fourth-order valence-electron chi connectivity index (χ4n) is 2.26. The molecule has 1 atom stereocenters. The molecule has 1 fully saturated rings. The van der Waals surface area contributed by atoms with E-state index in [9.17, 15) is 9.59 Å². The monoisotopic (exact) mass is 241 g/mol. The minimum Gasteiger partial charge on any atom is -0.444 e. The Morgan fingerprint density at radius 1 is 1.41 bits per heavy atom. The molecule has 0 N–H and O–H groups in total. The topological polar surface area (TPSA) is 46.6 Å². The second-order valence-corrected chi connectivity index (χ2v) is 6.26. The van der Waals surface area contributed by atoms with Gasteiger partial charge in [0.2, 0.25) is 0 Å². The van der Waals surface area contributed by atoms with Crippen LogP contribution in [0.4, 0.5) is 4.79 Å². The molecule has 1 heterocycles. The van der Waals surface area contributed by atoms with Gasteiger partial charge in [-0.1, -0.05) is 0 Å². The largest absolute Gasteiger partial charge is 0.444 e. The summed E-state index contributed by atoms with van der Waals surface area (Å²) in [6, 6.07) is -0.353. The molecule has 1 aliphatic rings. The van der Waals surface area contributed by atoms with Crippen molar-refractivity contribution >= 4 is 12.4 Å². The highest BCUT2D eigenvalue weighted by molar-refractivity contribution is 5.75. The fourth-order valence-corrected chi connectivity index (χ4v) is 2.26. The van der Waals surface area contributed by atoms with Crippen LogP contribution in [0.2, 0.25) is 0 Å². The number of carbonyl (C=O) groups excluding carboxylic acids is 2. The molecular formula is C13H23NO3. The minimum atomic E-state index is -0.530. The van der Waals surface area contributed by atoms with Crippen molar-refractivity contribution in [3.05, 3.63) is 0 Å². The number of nitrogens with zero attached hydrogens (tertiary/aromatic N) is 1. The number of hydrogen-bond acceptors (Lipinski definition) is 3. The third-order valence-electron chi connectivity index (χ3n) is 3.02. The van der Waals surface area contributed by atoms with Gasteiger partial charge in [-0.05, 0) is 53.9 Å². The van der Waals surface area contributed by atoms with Crippen LogP contribution in [0.5, 0.6) is 0 Å². The Labute approximate surface area is 103 Å². The smallest absolute Gasteiger partial charge is 0.411 e. The number of carbonyl (C=O) groups is 2. The van der Waals surface area contributed by atoms with Crippen LogP contribution in [0.25, 0.3) is 0 Å². The summed E-state index contributed by atoms with van der Waals surface area (Å²) in [4.78, 5) is 24.8. The quantitative estimate of drug-likeness (QED) is 0.663. The predicted octanol–water partition coefficient (Wildman–Crippen LogP) is 2.75. The highest BCUT2D eigenvalue weighted by atomic mass is 16.6. The molecule has 1 aliphatic heterocycles. The zero-order valence-electron chi connectivity index (χ0n) is 11.4. The van der Waals surface area contributed by atoms with E-state index in [4.69, 9.17) is 4.74 Å². The summed E-state index contributed by atoms with van der Waals surface area (Å²) in [6.07, 6.45) is 3.06. The molecule has 0 radical (unpaired) electrons. The highest BCUT2D eigenvalue weighted by Gasteiger charge is 2.41. The first-order valence-corrected chi connectivity index (χ1v) is 6.15. The van der Waals surface area contributed by atoms with Gasteiger partial charge in [-0.2, -0.15) is 0 Å². The first-order chi connectivity index (χ1) is 7.67. The van der Waals surface area contributed by atoms with Crippen LogP contribution in [0, 0.1) is 0 Å². The van der Waals surface area contributed by atoms with Gasteiger partial charge < -0.3 is 9.53 Å². The molecule has 0 unspecified atom stereocenters. The summed E-state index contributed by atoms with van der Waals surface area (Å²) in [6.45, 7) is 9.45. The van der Waals surface area contributed by atoms with Gasteiger partial charge in [0.05, 0.1) is 6.04 Å². The van der Waals surface area contributed by atoms with E-state index in [-0.39, 0.29) is 17.7 Å². The molecule has 0 aliphatic carbocycles. The van der Waals surface area contributed by atoms with Crippen LogP contribution in [0.15, 0.2) is 0 Å². The Balaban J connectivity index is 2.88. The first-order valence-electron chi connectivity index (χ1n) is 6.15. The number of rotatable bonds is 1. The van der Waals surface area contributed by atoms with Crippen molar-refractivity contribution in [2.24, 2.45) is 0 Å². The number of piperidine rings is 1. The van der Waals surface area contributed by atoms with Crippen molar-refractivity contribution in [1.82, 2.24) is 4.90 Å². The molecule has 1 rings (SSSR count). The molecule has 0 spiro atoms. The molecular weight excluding hydrogens is 218 g/mol. The number of aldehydes is 1. The van der Waals surface area contributed by atoms with Gasteiger partial charge in [0.25, 0.3) is 0 Å². The van der Waals surface area contributed by atoms with E-state index in [0.717, 1.165) is 25.5 Å². The zero-order chi connectivity index (χ0) is 13.3. The molecule has 4 heteroatoms.